The maximum Gasteiger partial charge on any atom is 0.0702 e. The van der Waals surface area contributed by atoms with Gasteiger partial charge < -0.3 is 5.11 Å². The minimum atomic E-state index is 0.300. The summed E-state index contributed by atoms with van der Waals surface area (Å²) in [7, 11) is 0. The summed E-state index contributed by atoms with van der Waals surface area (Å²) in [5, 5.41) is 8.40. The SMILES string of the molecule is CC.CC.CC.CC(C)(C)CCO.CC(C)CC(C)c1ccc(-c2ccc(C(C)C)cc2)nc1. The van der Waals surface area contributed by atoms with Gasteiger partial charge >= 0.3 is 0 Å². The molecule has 1 N–H and O–H groups in total. The normalized spacial score (nSPS) is 11.0. The first kappa shape index (κ1) is 36.9. The Morgan fingerprint density at radius 3 is 1.50 bits per heavy atom. The second-order valence-corrected chi connectivity index (χ2v) is 9.82. The zero-order chi connectivity index (χ0) is 27.3. The number of aliphatic hydroxyl groups is 1. The van der Waals surface area contributed by atoms with E-state index in [2.05, 4.69) is 96.8 Å². The Bertz CT molecular complexity index is 664. The van der Waals surface area contributed by atoms with Crippen LogP contribution in [-0.2, 0) is 0 Å². The maximum atomic E-state index is 8.40. The minimum Gasteiger partial charge on any atom is -0.396 e. The largest absolute Gasteiger partial charge is 0.396 e. The lowest BCUT2D eigenvalue weighted by atomic mass is 9.93. The summed E-state index contributed by atoms with van der Waals surface area (Å²) in [5.41, 5.74) is 5.27. The molecule has 0 amide bonds. The summed E-state index contributed by atoms with van der Waals surface area (Å²) in [4.78, 5) is 4.65. The molecule has 1 atom stereocenters. The third-order valence-electron chi connectivity index (χ3n) is 4.92. The van der Waals surface area contributed by atoms with Gasteiger partial charge in [0.25, 0.3) is 0 Å². The minimum absolute atomic E-state index is 0.300. The van der Waals surface area contributed by atoms with Gasteiger partial charge in [-0.3, -0.25) is 4.98 Å². The van der Waals surface area contributed by atoms with Gasteiger partial charge in [-0.2, -0.15) is 0 Å². The first-order chi connectivity index (χ1) is 16.0. The Labute approximate surface area is 214 Å². The summed E-state index contributed by atoms with van der Waals surface area (Å²) < 4.78 is 0. The van der Waals surface area contributed by atoms with Crippen LogP contribution in [0.3, 0.4) is 0 Å². The Morgan fingerprint density at radius 2 is 1.21 bits per heavy atom. The van der Waals surface area contributed by atoms with Gasteiger partial charge in [-0.05, 0) is 53.2 Å². The summed E-state index contributed by atoms with van der Waals surface area (Å²) in [6.07, 6.45) is 4.15. The zero-order valence-corrected chi connectivity index (χ0v) is 25.3. The number of nitrogens with zero attached hydrogens (tertiary/aromatic N) is 1. The van der Waals surface area contributed by atoms with Crippen molar-refractivity contribution in [2.75, 3.05) is 6.61 Å². The summed E-state index contributed by atoms with van der Waals surface area (Å²) >= 11 is 0. The van der Waals surface area contributed by atoms with Crippen LogP contribution >= 0.6 is 0 Å². The lowest BCUT2D eigenvalue weighted by Gasteiger charge is -2.14. The number of hydrogen-bond acceptors (Lipinski definition) is 2. The topological polar surface area (TPSA) is 33.1 Å². The van der Waals surface area contributed by atoms with Crippen molar-refractivity contribution in [2.45, 2.75) is 122 Å². The molecule has 0 aliphatic rings. The molecule has 0 spiro atoms. The molecule has 1 aromatic carbocycles. The fraction of sp³-hybridized carbons (Fsp3) is 0.656. The number of aromatic nitrogens is 1. The summed E-state index contributed by atoms with van der Waals surface area (Å²) in [6.45, 7) is 29.9. The first-order valence-electron chi connectivity index (χ1n) is 13.7. The van der Waals surface area contributed by atoms with Crippen LogP contribution in [0.4, 0.5) is 0 Å². The first-order valence-corrected chi connectivity index (χ1v) is 13.7. The van der Waals surface area contributed by atoms with Gasteiger partial charge in [0.1, 0.15) is 0 Å². The van der Waals surface area contributed by atoms with Crippen LogP contribution in [0.5, 0.6) is 0 Å². The number of hydrogen-bond donors (Lipinski definition) is 1. The fourth-order valence-electron chi connectivity index (χ4n) is 3.08. The lowest BCUT2D eigenvalue weighted by molar-refractivity contribution is 0.225. The van der Waals surface area contributed by atoms with E-state index in [4.69, 9.17) is 5.11 Å². The smallest absolute Gasteiger partial charge is 0.0702 e. The average molecular weight is 474 g/mol. The van der Waals surface area contributed by atoms with E-state index in [1.165, 1.54) is 23.1 Å². The number of benzene rings is 1. The molecule has 2 aromatic rings. The molecule has 1 aromatic heterocycles. The van der Waals surface area contributed by atoms with Crippen LogP contribution in [0.15, 0.2) is 42.6 Å². The molecule has 1 unspecified atom stereocenters. The molecule has 0 aliphatic carbocycles. The molecule has 1 heterocycles. The molecular weight excluding hydrogens is 414 g/mol. The molecule has 0 radical (unpaired) electrons. The van der Waals surface area contributed by atoms with Crippen molar-refractivity contribution in [3.63, 3.8) is 0 Å². The van der Waals surface area contributed by atoms with Gasteiger partial charge in [-0.1, -0.05) is 127 Å². The molecule has 0 fully saturated rings. The monoisotopic (exact) mass is 473 g/mol. The van der Waals surface area contributed by atoms with Crippen LogP contribution in [0, 0.1) is 11.3 Å². The fourth-order valence-corrected chi connectivity index (χ4v) is 3.08. The van der Waals surface area contributed by atoms with Crippen molar-refractivity contribution in [3.05, 3.63) is 53.7 Å². The van der Waals surface area contributed by atoms with Gasteiger partial charge in [0.15, 0.2) is 0 Å². The van der Waals surface area contributed by atoms with E-state index in [1.54, 1.807) is 0 Å². The van der Waals surface area contributed by atoms with Crippen LogP contribution in [0.25, 0.3) is 11.3 Å². The van der Waals surface area contributed by atoms with Crippen molar-refractivity contribution in [1.82, 2.24) is 4.98 Å². The van der Waals surface area contributed by atoms with E-state index < -0.39 is 0 Å². The van der Waals surface area contributed by atoms with E-state index in [1.807, 2.05) is 47.7 Å². The van der Waals surface area contributed by atoms with E-state index in [9.17, 15) is 0 Å². The van der Waals surface area contributed by atoms with Crippen molar-refractivity contribution in [3.8, 4) is 11.3 Å². The summed E-state index contributed by atoms with van der Waals surface area (Å²) in [5.74, 6) is 1.88. The highest BCUT2D eigenvalue weighted by molar-refractivity contribution is 5.59. The van der Waals surface area contributed by atoms with Crippen molar-refractivity contribution < 1.29 is 5.11 Å². The molecule has 198 valence electrons. The molecule has 2 heteroatoms. The second kappa shape index (κ2) is 21.8. The van der Waals surface area contributed by atoms with Crippen LogP contribution in [0.1, 0.15) is 133 Å². The molecule has 34 heavy (non-hydrogen) atoms. The Morgan fingerprint density at radius 1 is 0.735 bits per heavy atom. The molecule has 2 rings (SSSR count). The van der Waals surface area contributed by atoms with Crippen LogP contribution in [0.2, 0.25) is 0 Å². The number of aliphatic hydroxyl groups excluding tert-OH is 1. The van der Waals surface area contributed by atoms with Gasteiger partial charge in [0.2, 0.25) is 0 Å². The molecule has 2 nitrogen and oxygen atoms in total. The highest BCUT2D eigenvalue weighted by Gasteiger charge is 2.09. The number of pyridine rings is 1. The molecular formula is C32H59NO. The van der Waals surface area contributed by atoms with Gasteiger partial charge in [0.05, 0.1) is 5.69 Å². The molecule has 0 saturated heterocycles. The van der Waals surface area contributed by atoms with Crippen molar-refractivity contribution >= 4 is 0 Å². The Balaban J connectivity index is -0.000000623. The van der Waals surface area contributed by atoms with Crippen molar-refractivity contribution in [1.29, 1.82) is 0 Å². The predicted molar refractivity (Wildman–Crippen MR) is 157 cm³/mol. The predicted octanol–water partition coefficient (Wildman–Crippen LogP) is 10.5. The van der Waals surface area contributed by atoms with Gasteiger partial charge in [-0.15, -0.1) is 0 Å². The van der Waals surface area contributed by atoms with Crippen LogP contribution in [-0.4, -0.2) is 16.7 Å². The third-order valence-corrected chi connectivity index (χ3v) is 4.92. The van der Waals surface area contributed by atoms with E-state index >= 15 is 0 Å². The summed E-state index contributed by atoms with van der Waals surface area (Å²) in [6, 6.07) is 13.1. The van der Waals surface area contributed by atoms with Crippen molar-refractivity contribution in [2.24, 2.45) is 11.3 Å². The van der Waals surface area contributed by atoms with Crippen LogP contribution < -0.4 is 0 Å². The Hall–Kier alpha value is -1.67. The van der Waals surface area contributed by atoms with E-state index in [0.29, 0.717) is 23.9 Å². The van der Waals surface area contributed by atoms with E-state index in [-0.39, 0.29) is 0 Å². The second-order valence-electron chi connectivity index (χ2n) is 9.82. The maximum absolute atomic E-state index is 8.40. The van der Waals surface area contributed by atoms with E-state index in [0.717, 1.165) is 18.0 Å². The Kier molecular flexibility index (Phi) is 23.7. The zero-order valence-electron chi connectivity index (χ0n) is 25.3. The highest BCUT2D eigenvalue weighted by atomic mass is 16.3. The highest BCUT2D eigenvalue weighted by Crippen LogP contribution is 2.25. The standard InChI is InChI=1S/C20H27N.C6H14O.3C2H6/c1-14(2)12-16(5)19-10-11-20(21-13-19)18-8-6-17(7-9-18)15(3)4;1-6(2,3)4-5-7;3*1-2/h6-11,13-16H,12H2,1-5H3;7H,4-5H2,1-3H3;3*1-2H3. The van der Waals surface area contributed by atoms with Gasteiger partial charge in [-0.25, -0.2) is 0 Å². The quantitative estimate of drug-likeness (QED) is 0.452. The molecule has 0 bridgehead atoms. The number of rotatable bonds is 6. The lowest BCUT2D eigenvalue weighted by Crippen LogP contribution is -2.06. The molecule has 0 saturated carbocycles. The molecule has 0 aliphatic heterocycles. The third kappa shape index (κ3) is 17.8. The van der Waals surface area contributed by atoms with Gasteiger partial charge in [0, 0.05) is 18.4 Å². The average Bonchev–Trinajstić information content (AvgIpc) is 2.82.